The van der Waals surface area contributed by atoms with E-state index in [1.54, 1.807) is 12.4 Å². The molecule has 2 aliphatic carbocycles. The van der Waals surface area contributed by atoms with Crippen LogP contribution in [0, 0.1) is 5.92 Å². The van der Waals surface area contributed by atoms with Crippen molar-refractivity contribution in [2.75, 3.05) is 6.61 Å². The summed E-state index contributed by atoms with van der Waals surface area (Å²) in [5.74, 6) is 1.24. The molecule has 0 aliphatic heterocycles. The van der Waals surface area contributed by atoms with Crippen LogP contribution in [-0.2, 0) is 22.7 Å². The van der Waals surface area contributed by atoms with Gasteiger partial charge in [0, 0.05) is 33.8 Å². The molecule has 2 aliphatic rings. The maximum absolute atomic E-state index is 13.3. The average molecular weight is 550 g/mol. The predicted octanol–water partition coefficient (Wildman–Crippen LogP) is 5.19. The lowest BCUT2D eigenvalue weighted by Crippen LogP contribution is -2.33. The second kappa shape index (κ2) is 11.1. The second-order valence-corrected chi connectivity index (χ2v) is 17.7. The van der Waals surface area contributed by atoms with E-state index in [-0.39, 0.29) is 23.9 Å². The van der Waals surface area contributed by atoms with Gasteiger partial charge in [-0.3, -0.25) is 9.59 Å². The fourth-order valence-electron chi connectivity index (χ4n) is 5.05. The van der Waals surface area contributed by atoms with Gasteiger partial charge in [0.15, 0.2) is 5.65 Å². The number of carbonyl (C=O) groups excluding carboxylic acids is 2. The molecule has 39 heavy (non-hydrogen) atoms. The minimum atomic E-state index is -1.21. The summed E-state index contributed by atoms with van der Waals surface area (Å²) in [5, 5.41) is 6.15. The molecule has 9 nitrogen and oxygen atoms in total. The van der Waals surface area contributed by atoms with E-state index in [0.29, 0.717) is 47.6 Å². The molecule has 3 aromatic rings. The van der Waals surface area contributed by atoms with E-state index in [1.165, 1.54) is 12.5 Å². The Hall–Kier alpha value is -3.24. The predicted molar refractivity (Wildman–Crippen MR) is 153 cm³/mol. The second-order valence-electron chi connectivity index (χ2n) is 12.1. The van der Waals surface area contributed by atoms with Gasteiger partial charge in [0.1, 0.15) is 18.0 Å². The monoisotopic (exact) mass is 549 g/mol. The fraction of sp³-hybridized carbons (Fsp3) is 0.517. The smallest absolute Gasteiger partial charge is 0.255 e. The fourth-order valence-corrected chi connectivity index (χ4v) is 5.81. The van der Waals surface area contributed by atoms with Gasteiger partial charge in [-0.15, -0.1) is 0 Å². The zero-order valence-electron chi connectivity index (χ0n) is 23.5. The van der Waals surface area contributed by atoms with Gasteiger partial charge < -0.3 is 24.7 Å². The number of nitrogens with one attached hydrogen (secondary N) is 2. The Morgan fingerprint density at radius 2 is 2.00 bits per heavy atom. The highest BCUT2D eigenvalue weighted by Gasteiger charge is 2.30. The molecular weight excluding hydrogens is 510 g/mol. The number of nitrogens with zero attached hydrogens (tertiary/aromatic N) is 3. The Balaban J connectivity index is 1.39. The van der Waals surface area contributed by atoms with Gasteiger partial charge in [0.25, 0.3) is 5.91 Å². The van der Waals surface area contributed by atoms with Crippen molar-refractivity contribution >= 4 is 31.1 Å². The number of rotatable bonds is 11. The molecule has 2 N–H and O–H groups in total. The molecule has 2 aromatic heterocycles. The van der Waals surface area contributed by atoms with Crippen LogP contribution in [0.25, 0.3) is 11.2 Å². The van der Waals surface area contributed by atoms with Crippen LogP contribution in [0.1, 0.15) is 60.6 Å². The Labute approximate surface area is 230 Å². The molecule has 10 heteroatoms. The Bertz CT molecular complexity index is 1380. The van der Waals surface area contributed by atoms with Gasteiger partial charge >= 0.3 is 0 Å². The third-order valence-electron chi connectivity index (χ3n) is 7.50. The van der Waals surface area contributed by atoms with Gasteiger partial charge in [-0.05, 0) is 67.8 Å². The van der Waals surface area contributed by atoms with Crippen molar-refractivity contribution in [3.8, 4) is 11.6 Å². The first kappa shape index (κ1) is 27.3. The molecule has 0 unspecified atom stereocenters. The normalized spacial score (nSPS) is 17.6. The summed E-state index contributed by atoms with van der Waals surface area (Å²) < 4.78 is 13.9. The molecule has 1 saturated carbocycles. The van der Waals surface area contributed by atoms with E-state index in [0.717, 1.165) is 37.3 Å². The van der Waals surface area contributed by atoms with E-state index >= 15 is 0 Å². The van der Waals surface area contributed by atoms with Crippen molar-refractivity contribution in [1.29, 1.82) is 0 Å². The molecule has 5 rings (SSSR count). The van der Waals surface area contributed by atoms with Crippen LogP contribution in [0.3, 0.4) is 0 Å². The standard InChI is InChI=1S/C29H39N5O4Si/c1-18(20-6-7-20)31-29(36)24-16-34(17-37-12-13-39(3,4)5)28-27(24)33-26(15-30-28)38-22-10-8-21-9-11-25(23(21)14-22)32-19(2)35/h8,10,14-16,18,20,25H,6-7,9,11-13,17H2,1-5H3,(H,31,36)(H,32,35)/t18-,25-/m1/s1. The van der Waals surface area contributed by atoms with Gasteiger partial charge in [0.05, 0.1) is 17.8 Å². The van der Waals surface area contributed by atoms with E-state index in [9.17, 15) is 9.59 Å². The zero-order valence-corrected chi connectivity index (χ0v) is 24.5. The number of hydrogen-bond donors (Lipinski definition) is 2. The molecule has 2 atom stereocenters. The zero-order chi connectivity index (χ0) is 27.7. The number of ether oxygens (including phenoxy) is 2. The number of fused-ring (bicyclic) bond motifs is 2. The highest BCUT2D eigenvalue weighted by molar-refractivity contribution is 6.76. The maximum Gasteiger partial charge on any atom is 0.255 e. The molecule has 1 fully saturated rings. The van der Waals surface area contributed by atoms with Crippen LogP contribution in [0.15, 0.2) is 30.6 Å². The molecule has 1 aromatic carbocycles. The van der Waals surface area contributed by atoms with Crippen LogP contribution in [0.4, 0.5) is 0 Å². The molecular formula is C29H39N5O4Si. The van der Waals surface area contributed by atoms with E-state index in [2.05, 4.69) is 42.2 Å². The van der Waals surface area contributed by atoms with Gasteiger partial charge in [0.2, 0.25) is 11.8 Å². The van der Waals surface area contributed by atoms with Crippen molar-refractivity contribution in [3.63, 3.8) is 0 Å². The first-order valence-corrected chi connectivity index (χ1v) is 17.6. The molecule has 2 amide bonds. The minimum Gasteiger partial charge on any atom is -0.437 e. The third-order valence-corrected chi connectivity index (χ3v) is 9.20. The van der Waals surface area contributed by atoms with Gasteiger partial charge in [-0.1, -0.05) is 25.7 Å². The van der Waals surface area contributed by atoms with Gasteiger partial charge in [-0.25, -0.2) is 9.97 Å². The van der Waals surface area contributed by atoms with Crippen molar-refractivity contribution < 1.29 is 19.1 Å². The molecule has 0 radical (unpaired) electrons. The first-order chi connectivity index (χ1) is 18.6. The quantitative estimate of drug-likeness (QED) is 0.252. The van der Waals surface area contributed by atoms with Crippen LogP contribution < -0.4 is 15.4 Å². The number of benzene rings is 1. The number of amides is 2. The highest BCUT2D eigenvalue weighted by Crippen LogP contribution is 2.35. The highest BCUT2D eigenvalue weighted by atomic mass is 28.3. The lowest BCUT2D eigenvalue weighted by Gasteiger charge is -2.15. The Kier molecular flexibility index (Phi) is 7.77. The van der Waals surface area contributed by atoms with Crippen molar-refractivity contribution in [3.05, 3.63) is 47.3 Å². The first-order valence-electron chi connectivity index (χ1n) is 13.9. The van der Waals surface area contributed by atoms with Gasteiger partial charge in [-0.2, -0.15) is 0 Å². The topological polar surface area (TPSA) is 107 Å². The summed E-state index contributed by atoms with van der Waals surface area (Å²) in [6.07, 6.45) is 7.44. The van der Waals surface area contributed by atoms with Crippen LogP contribution in [0.2, 0.25) is 25.7 Å². The summed E-state index contributed by atoms with van der Waals surface area (Å²) >= 11 is 0. The number of aryl methyl sites for hydroxylation is 1. The van der Waals surface area contributed by atoms with Crippen molar-refractivity contribution in [2.24, 2.45) is 5.92 Å². The van der Waals surface area contributed by atoms with E-state index < -0.39 is 8.07 Å². The van der Waals surface area contributed by atoms with Crippen LogP contribution >= 0.6 is 0 Å². The van der Waals surface area contributed by atoms with Crippen molar-refractivity contribution in [1.82, 2.24) is 25.2 Å². The van der Waals surface area contributed by atoms with Crippen LogP contribution in [-0.4, -0.2) is 47.1 Å². The van der Waals surface area contributed by atoms with Crippen LogP contribution in [0.5, 0.6) is 11.6 Å². The summed E-state index contributed by atoms with van der Waals surface area (Å²) in [6.45, 7) is 11.5. The van der Waals surface area contributed by atoms with Crippen molar-refractivity contribution in [2.45, 2.75) is 84.0 Å². The largest absolute Gasteiger partial charge is 0.437 e. The molecule has 0 bridgehead atoms. The Morgan fingerprint density at radius 1 is 1.21 bits per heavy atom. The number of carbonyl (C=O) groups is 2. The third kappa shape index (κ3) is 6.67. The number of hydrogen-bond acceptors (Lipinski definition) is 6. The summed E-state index contributed by atoms with van der Waals surface area (Å²) in [6, 6.07) is 7.05. The minimum absolute atomic E-state index is 0.0200. The molecule has 208 valence electrons. The lowest BCUT2D eigenvalue weighted by atomic mass is 10.1. The summed E-state index contributed by atoms with van der Waals surface area (Å²) in [4.78, 5) is 34.3. The average Bonchev–Trinajstić information content (AvgIpc) is 3.57. The molecule has 0 saturated heterocycles. The Morgan fingerprint density at radius 3 is 2.72 bits per heavy atom. The molecule has 2 heterocycles. The number of aromatic nitrogens is 3. The lowest BCUT2D eigenvalue weighted by molar-refractivity contribution is -0.119. The molecule has 0 spiro atoms. The summed E-state index contributed by atoms with van der Waals surface area (Å²) in [5.41, 5.74) is 3.80. The summed E-state index contributed by atoms with van der Waals surface area (Å²) in [7, 11) is -1.21. The van der Waals surface area contributed by atoms with E-state index in [4.69, 9.17) is 14.5 Å². The maximum atomic E-state index is 13.3. The SMILES string of the molecule is CC(=O)N[C@@H]1CCc2ccc(Oc3cnc4c(n3)c(C(=O)N[C@H](C)C3CC3)cn4COCC[Si](C)(C)C)cc21. The van der Waals surface area contributed by atoms with E-state index in [1.807, 2.05) is 22.8 Å².